The third-order valence-corrected chi connectivity index (χ3v) is 7.52. The number of esters is 1. The molecule has 9 heteroatoms. The number of carbonyl (C=O) groups is 2. The summed E-state index contributed by atoms with van der Waals surface area (Å²) in [5, 5.41) is 3.32. The molecule has 0 bridgehead atoms. The second-order valence-electron chi connectivity index (χ2n) is 7.87. The molecule has 0 unspecified atom stereocenters. The van der Waals surface area contributed by atoms with Crippen molar-refractivity contribution in [3.63, 3.8) is 0 Å². The van der Waals surface area contributed by atoms with Crippen molar-refractivity contribution in [3.8, 4) is 0 Å². The molecule has 2 aromatic rings. The van der Waals surface area contributed by atoms with Crippen LogP contribution < -0.4 is 9.62 Å². The molecular weight excluding hydrogens is 452 g/mol. The lowest BCUT2D eigenvalue weighted by molar-refractivity contribution is -0.130. The highest BCUT2D eigenvalue weighted by atomic mass is 35.5. The molecule has 32 heavy (non-hydrogen) atoms. The van der Waals surface area contributed by atoms with E-state index >= 15 is 0 Å². The molecule has 0 heterocycles. The van der Waals surface area contributed by atoms with Crippen LogP contribution >= 0.6 is 11.6 Å². The summed E-state index contributed by atoms with van der Waals surface area (Å²) < 4.78 is 32.5. The average Bonchev–Trinajstić information content (AvgIpc) is 2.79. The second kappa shape index (κ2) is 10.4. The second-order valence-corrected chi connectivity index (χ2v) is 10.3. The van der Waals surface area contributed by atoms with Crippen LogP contribution in [0.25, 0.3) is 0 Å². The van der Waals surface area contributed by atoms with Gasteiger partial charge in [-0.25, -0.2) is 13.2 Å². The van der Waals surface area contributed by atoms with Crippen LogP contribution in [-0.2, 0) is 19.6 Å². The first-order valence-corrected chi connectivity index (χ1v) is 12.4. The summed E-state index contributed by atoms with van der Waals surface area (Å²) in [7, 11) is -2.53. The zero-order chi connectivity index (χ0) is 23.3. The fourth-order valence-corrected chi connectivity index (χ4v) is 5.02. The number of rotatable bonds is 7. The number of hydrogen-bond acceptors (Lipinski definition) is 5. The van der Waals surface area contributed by atoms with Gasteiger partial charge in [0.1, 0.15) is 0 Å². The molecule has 0 saturated heterocycles. The predicted molar refractivity (Wildman–Crippen MR) is 123 cm³/mol. The van der Waals surface area contributed by atoms with E-state index in [2.05, 4.69) is 5.32 Å². The predicted octanol–water partition coefficient (Wildman–Crippen LogP) is 4.16. The average molecular weight is 479 g/mol. The van der Waals surface area contributed by atoms with Gasteiger partial charge in [0, 0.05) is 18.1 Å². The summed E-state index contributed by atoms with van der Waals surface area (Å²) in [5.41, 5.74) is 0.432. The highest BCUT2D eigenvalue weighted by Crippen LogP contribution is 2.25. The Labute approximate surface area is 193 Å². The van der Waals surface area contributed by atoms with Gasteiger partial charge in [0.25, 0.3) is 15.9 Å². The van der Waals surface area contributed by atoms with Gasteiger partial charge < -0.3 is 10.1 Å². The lowest BCUT2D eigenvalue weighted by Gasteiger charge is -2.24. The van der Waals surface area contributed by atoms with E-state index in [0.29, 0.717) is 10.7 Å². The maximum absolute atomic E-state index is 13.0. The molecule has 0 aromatic heterocycles. The third-order valence-electron chi connectivity index (χ3n) is 5.50. The smallest absolute Gasteiger partial charge is 0.338 e. The minimum absolute atomic E-state index is 0.0443. The number of carbonyl (C=O) groups excluding carboxylic acids is 2. The first-order valence-electron chi connectivity index (χ1n) is 10.5. The number of halogens is 1. The zero-order valence-electron chi connectivity index (χ0n) is 18.1. The number of hydrogen-bond donors (Lipinski definition) is 1. The SMILES string of the molecule is C[C@H](OC(=O)c1cccc(S(=O)(=O)N(C)c2cccc(Cl)c2)c1)C(=O)NC1CCCCC1. The van der Waals surface area contributed by atoms with Crippen LogP contribution in [0.15, 0.2) is 53.4 Å². The standard InChI is InChI=1S/C23H27ClN2O5S/c1-16(22(27)25-19-10-4-3-5-11-19)31-23(28)17-8-6-13-21(14-17)32(29,30)26(2)20-12-7-9-18(24)15-20/h6-9,12-16,19H,3-5,10-11H2,1-2H3,(H,25,27)/t16-/m0/s1. The van der Waals surface area contributed by atoms with Gasteiger partial charge in [-0.2, -0.15) is 0 Å². The number of ether oxygens (including phenoxy) is 1. The van der Waals surface area contributed by atoms with Gasteiger partial charge in [-0.1, -0.05) is 43.0 Å². The van der Waals surface area contributed by atoms with Crippen molar-refractivity contribution in [3.05, 3.63) is 59.1 Å². The number of nitrogens with one attached hydrogen (secondary N) is 1. The van der Waals surface area contributed by atoms with Gasteiger partial charge in [-0.3, -0.25) is 9.10 Å². The van der Waals surface area contributed by atoms with Crippen LogP contribution in [0.2, 0.25) is 5.02 Å². The maximum atomic E-state index is 13.0. The molecule has 172 valence electrons. The van der Waals surface area contributed by atoms with Gasteiger partial charge in [-0.15, -0.1) is 0 Å². The number of nitrogens with zero attached hydrogens (tertiary/aromatic N) is 1. The number of benzene rings is 2. The molecule has 1 atom stereocenters. The molecule has 7 nitrogen and oxygen atoms in total. The van der Waals surface area contributed by atoms with E-state index in [1.165, 1.54) is 50.7 Å². The molecular formula is C23H27ClN2O5S. The Balaban J connectivity index is 1.70. The lowest BCUT2D eigenvalue weighted by Crippen LogP contribution is -2.42. The van der Waals surface area contributed by atoms with Crippen LogP contribution in [0, 0.1) is 0 Å². The van der Waals surface area contributed by atoms with E-state index in [9.17, 15) is 18.0 Å². The molecule has 1 saturated carbocycles. The molecule has 1 aliphatic carbocycles. The summed E-state index contributed by atoms with van der Waals surface area (Å²) in [4.78, 5) is 24.9. The lowest BCUT2D eigenvalue weighted by atomic mass is 9.95. The first kappa shape index (κ1) is 24.1. The topological polar surface area (TPSA) is 92.8 Å². The fourth-order valence-electron chi connectivity index (χ4n) is 3.60. The minimum Gasteiger partial charge on any atom is -0.449 e. The summed E-state index contributed by atoms with van der Waals surface area (Å²) in [5.74, 6) is -1.12. The molecule has 0 spiro atoms. The van der Waals surface area contributed by atoms with E-state index < -0.39 is 22.1 Å². The summed E-state index contributed by atoms with van der Waals surface area (Å²) >= 11 is 5.97. The third kappa shape index (κ3) is 5.81. The first-order chi connectivity index (χ1) is 15.2. The maximum Gasteiger partial charge on any atom is 0.338 e. The van der Waals surface area contributed by atoms with Gasteiger partial charge in [0.15, 0.2) is 6.10 Å². The molecule has 1 fully saturated rings. The Morgan fingerprint density at radius 2 is 1.78 bits per heavy atom. The fraction of sp³-hybridized carbons (Fsp3) is 0.391. The van der Waals surface area contributed by atoms with Gasteiger partial charge in [-0.05, 0) is 56.2 Å². The van der Waals surface area contributed by atoms with Crippen molar-refractivity contribution in [1.29, 1.82) is 0 Å². The molecule has 1 aliphatic rings. The number of sulfonamides is 1. The quantitative estimate of drug-likeness (QED) is 0.603. The van der Waals surface area contributed by atoms with Crippen molar-refractivity contribution >= 4 is 39.2 Å². The van der Waals surface area contributed by atoms with Gasteiger partial charge in [0.05, 0.1) is 16.1 Å². The summed E-state index contributed by atoms with van der Waals surface area (Å²) in [6, 6.07) is 12.1. The molecule has 1 amide bonds. The van der Waals surface area contributed by atoms with Gasteiger partial charge >= 0.3 is 5.97 Å². The highest BCUT2D eigenvalue weighted by Gasteiger charge is 2.25. The normalized spacial score (nSPS) is 15.6. The molecule has 0 radical (unpaired) electrons. The van der Waals surface area contributed by atoms with Crippen LogP contribution in [0.4, 0.5) is 5.69 Å². The number of anilines is 1. The van der Waals surface area contributed by atoms with Crippen molar-refractivity contribution < 1.29 is 22.7 Å². The largest absolute Gasteiger partial charge is 0.449 e. The molecule has 0 aliphatic heterocycles. The Bertz CT molecular complexity index is 1080. The highest BCUT2D eigenvalue weighted by molar-refractivity contribution is 7.92. The van der Waals surface area contributed by atoms with Crippen LogP contribution in [0.1, 0.15) is 49.4 Å². The van der Waals surface area contributed by atoms with E-state index in [-0.39, 0.29) is 22.4 Å². The van der Waals surface area contributed by atoms with Crippen molar-refractivity contribution in [2.45, 2.75) is 56.1 Å². The van der Waals surface area contributed by atoms with Gasteiger partial charge in [0.2, 0.25) is 0 Å². The molecule has 3 rings (SSSR count). The minimum atomic E-state index is -3.94. The van der Waals surface area contributed by atoms with E-state index in [4.69, 9.17) is 16.3 Å². The van der Waals surface area contributed by atoms with E-state index in [0.717, 1.165) is 30.0 Å². The summed E-state index contributed by atoms with van der Waals surface area (Å²) in [6.45, 7) is 1.50. The van der Waals surface area contributed by atoms with E-state index in [1.54, 1.807) is 18.2 Å². The van der Waals surface area contributed by atoms with Crippen LogP contribution in [0.5, 0.6) is 0 Å². The van der Waals surface area contributed by atoms with Crippen molar-refractivity contribution in [2.24, 2.45) is 0 Å². The van der Waals surface area contributed by atoms with E-state index in [1.807, 2.05) is 0 Å². The molecule has 1 N–H and O–H groups in total. The van der Waals surface area contributed by atoms with Crippen molar-refractivity contribution in [2.75, 3.05) is 11.4 Å². The molecule has 2 aromatic carbocycles. The monoisotopic (exact) mass is 478 g/mol. The number of amides is 1. The Morgan fingerprint density at radius 1 is 1.09 bits per heavy atom. The van der Waals surface area contributed by atoms with Crippen molar-refractivity contribution in [1.82, 2.24) is 5.32 Å². The van der Waals surface area contributed by atoms with Crippen LogP contribution in [-0.4, -0.2) is 39.5 Å². The summed E-state index contributed by atoms with van der Waals surface area (Å²) in [6.07, 6.45) is 4.18. The zero-order valence-corrected chi connectivity index (χ0v) is 19.7. The Morgan fingerprint density at radius 3 is 2.47 bits per heavy atom. The van der Waals surface area contributed by atoms with Crippen LogP contribution in [0.3, 0.4) is 0 Å². The Kier molecular flexibility index (Phi) is 7.79. The Hall–Kier alpha value is -2.58.